The lowest BCUT2D eigenvalue weighted by atomic mass is 10.2. The van der Waals surface area contributed by atoms with E-state index in [1.165, 1.54) is 6.07 Å². The number of aromatic nitrogens is 2. The number of halogens is 2. The lowest BCUT2D eigenvalue weighted by Crippen LogP contribution is -2.13. The van der Waals surface area contributed by atoms with Gasteiger partial charge < -0.3 is 10.7 Å². The van der Waals surface area contributed by atoms with E-state index in [4.69, 9.17) is 5.73 Å². The highest BCUT2D eigenvalue weighted by Crippen LogP contribution is 2.26. The molecule has 0 unspecified atom stereocenters. The number of anilines is 1. The lowest BCUT2D eigenvalue weighted by molar-refractivity contribution is 0.0993. The number of hydrogen-bond donors (Lipinski definition) is 3. The van der Waals surface area contributed by atoms with E-state index in [2.05, 4.69) is 15.3 Å². The summed E-state index contributed by atoms with van der Waals surface area (Å²) < 4.78 is 26.5. The number of aromatic amines is 1. The number of benzene rings is 1. The van der Waals surface area contributed by atoms with E-state index in [0.29, 0.717) is 17.3 Å². The standard InChI is InChI=1S/C15H10F2N4O2S/c16-8-1-2-9(10(17)4-8)14(23)21-15-20-12(6-24-15)7-3-11(13(18)22)19-5-7/h1-6,19H,(H2,18,22)(H,20,21,23). The molecule has 1 aromatic carbocycles. The summed E-state index contributed by atoms with van der Waals surface area (Å²) in [6.45, 7) is 0. The van der Waals surface area contributed by atoms with Gasteiger partial charge in [0, 0.05) is 23.2 Å². The van der Waals surface area contributed by atoms with Gasteiger partial charge in [0.2, 0.25) is 0 Å². The third-order valence-corrected chi connectivity index (χ3v) is 3.90. The summed E-state index contributed by atoms with van der Waals surface area (Å²) in [5.74, 6) is -3.06. The Labute approximate surface area is 138 Å². The average molecular weight is 348 g/mol. The van der Waals surface area contributed by atoms with Crippen LogP contribution >= 0.6 is 11.3 Å². The predicted molar refractivity (Wildman–Crippen MR) is 84.7 cm³/mol. The molecule has 2 amide bonds. The van der Waals surface area contributed by atoms with E-state index in [0.717, 1.165) is 23.5 Å². The zero-order valence-corrected chi connectivity index (χ0v) is 12.8. The van der Waals surface area contributed by atoms with Crippen molar-refractivity contribution in [2.24, 2.45) is 5.73 Å². The largest absolute Gasteiger partial charge is 0.364 e. The monoisotopic (exact) mass is 348 g/mol. The molecule has 0 aliphatic carbocycles. The number of primary amides is 1. The first kappa shape index (κ1) is 15.8. The Kier molecular flexibility index (Phi) is 4.09. The van der Waals surface area contributed by atoms with E-state index in [1.807, 2.05) is 0 Å². The molecule has 0 spiro atoms. The van der Waals surface area contributed by atoms with Crippen molar-refractivity contribution in [1.82, 2.24) is 9.97 Å². The molecule has 0 bridgehead atoms. The van der Waals surface area contributed by atoms with Crippen molar-refractivity contribution >= 4 is 28.3 Å². The fourth-order valence-electron chi connectivity index (χ4n) is 1.99. The molecular formula is C15H10F2N4O2S. The summed E-state index contributed by atoms with van der Waals surface area (Å²) in [5, 5.41) is 4.34. The first-order chi connectivity index (χ1) is 11.4. The van der Waals surface area contributed by atoms with Gasteiger partial charge in [0.15, 0.2) is 5.13 Å². The van der Waals surface area contributed by atoms with Crippen LogP contribution in [-0.2, 0) is 0 Å². The molecule has 24 heavy (non-hydrogen) atoms. The molecule has 2 heterocycles. The number of carbonyl (C=O) groups is 2. The molecule has 4 N–H and O–H groups in total. The summed E-state index contributed by atoms with van der Waals surface area (Å²) in [4.78, 5) is 30.0. The van der Waals surface area contributed by atoms with Crippen molar-refractivity contribution in [2.75, 3.05) is 5.32 Å². The van der Waals surface area contributed by atoms with Gasteiger partial charge in [-0.1, -0.05) is 0 Å². The number of H-pyrrole nitrogens is 1. The van der Waals surface area contributed by atoms with Gasteiger partial charge >= 0.3 is 0 Å². The van der Waals surface area contributed by atoms with Gasteiger partial charge in [-0.05, 0) is 18.2 Å². The van der Waals surface area contributed by atoms with Gasteiger partial charge in [0.1, 0.15) is 17.3 Å². The molecule has 0 fully saturated rings. The van der Waals surface area contributed by atoms with Crippen molar-refractivity contribution < 1.29 is 18.4 Å². The number of nitrogens with two attached hydrogens (primary N) is 1. The zero-order valence-electron chi connectivity index (χ0n) is 12.0. The molecule has 3 rings (SSSR count). The maximum atomic E-state index is 13.6. The number of nitrogens with zero attached hydrogens (tertiary/aromatic N) is 1. The molecule has 0 saturated carbocycles. The van der Waals surface area contributed by atoms with Crippen LogP contribution in [0, 0.1) is 11.6 Å². The molecule has 122 valence electrons. The lowest BCUT2D eigenvalue weighted by Gasteiger charge is -2.03. The molecule has 2 aromatic heterocycles. The fraction of sp³-hybridized carbons (Fsp3) is 0. The van der Waals surface area contributed by atoms with Crippen LogP contribution in [0.3, 0.4) is 0 Å². The topological polar surface area (TPSA) is 101 Å². The van der Waals surface area contributed by atoms with E-state index < -0.39 is 23.4 Å². The summed E-state index contributed by atoms with van der Waals surface area (Å²) in [5.41, 5.74) is 6.24. The maximum Gasteiger partial charge on any atom is 0.265 e. The van der Waals surface area contributed by atoms with Crippen LogP contribution in [0.25, 0.3) is 11.3 Å². The van der Waals surface area contributed by atoms with Gasteiger partial charge in [-0.15, -0.1) is 11.3 Å². The molecular weight excluding hydrogens is 338 g/mol. The quantitative estimate of drug-likeness (QED) is 0.676. The van der Waals surface area contributed by atoms with E-state index in [-0.39, 0.29) is 16.4 Å². The van der Waals surface area contributed by atoms with Crippen molar-refractivity contribution in [1.29, 1.82) is 0 Å². The van der Waals surface area contributed by atoms with Crippen LogP contribution in [-0.4, -0.2) is 21.8 Å². The van der Waals surface area contributed by atoms with E-state index in [9.17, 15) is 18.4 Å². The molecule has 3 aromatic rings. The van der Waals surface area contributed by atoms with Crippen molar-refractivity contribution in [2.45, 2.75) is 0 Å². The van der Waals surface area contributed by atoms with Crippen LogP contribution in [0.5, 0.6) is 0 Å². The summed E-state index contributed by atoms with van der Waals surface area (Å²) in [7, 11) is 0. The van der Waals surface area contributed by atoms with Crippen LogP contribution in [0.4, 0.5) is 13.9 Å². The minimum Gasteiger partial charge on any atom is -0.364 e. The molecule has 9 heteroatoms. The summed E-state index contributed by atoms with van der Waals surface area (Å²) >= 11 is 1.12. The van der Waals surface area contributed by atoms with Gasteiger partial charge in [-0.25, -0.2) is 13.8 Å². The van der Waals surface area contributed by atoms with Gasteiger partial charge in [0.25, 0.3) is 11.8 Å². The third kappa shape index (κ3) is 3.15. The number of rotatable bonds is 4. The van der Waals surface area contributed by atoms with Gasteiger partial charge in [-0.3, -0.25) is 14.9 Å². The Balaban J connectivity index is 1.78. The molecule has 0 aliphatic heterocycles. The minimum absolute atomic E-state index is 0.233. The average Bonchev–Trinajstić information content (AvgIpc) is 3.15. The van der Waals surface area contributed by atoms with Crippen LogP contribution in [0.15, 0.2) is 35.8 Å². The Morgan fingerprint density at radius 2 is 2.04 bits per heavy atom. The van der Waals surface area contributed by atoms with Crippen molar-refractivity contribution in [3.63, 3.8) is 0 Å². The number of carbonyl (C=O) groups excluding carboxylic acids is 2. The second-order valence-electron chi connectivity index (χ2n) is 4.78. The van der Waals surface area contributed by atoms with Crippen LogP contribution in [0.2, 0.25) is 0 Å². The Hall–Kier alpha value is -3.07. The first-order valence-corrected chi connectivity index (χ1v) is 7.52. The molecule has 0 aliphatic rings. The molecule has 6 nitrogen and oxygen atoms in total. The number of amides is 2. The number of hydrogen-bond acceptors (Lipinski definition) is 4. The Morgan fingerprint density at radius 1 is 1.25 bits per heavy atom. The zero-order chi connectivity index (χ0) is 17.3. The number of nitrogens with one attached hydrogen (secondary N) is 2. The normalized spacial score (nSPS) is 10.6. The smallest absolute Gasteiger partial charge is 0.265 e. The second kappa shape index (κ2) is 6.20. The van der Waals surface area contributed by atoms with Crippen molar-refractivity contribution in [3.05, 3.63) is 58.7 Å². The third-order valence-electron chi connectivity index (χ3n) is 3.14. The van der Waals surface area contributed by atoms with Gasteiger partial charge in [-0.2, -0.15) is 0 Å². The van der Waals surface area contributed by atoms with Gasteiger partial charge in [0.05, 0.1) is 11.3 Å². The highest BCUT2D eigenvalue weighted by Gasteiger charge is 2.15. The van der Waals surface area contributed by atoms with Crippen LogP contribution < -0.4 is 11.1 Å². The minimum atomic E-state index is -0.957. The predicted octanol–water partition coefficient (Wildman–Crippen LogP) is 2.77. The SMILES string of the molecule is NC(=O)c1cc(-c2csc(NC(=O)c3ccc(F)cc3F)n2)c[nH]1. The second-order valence-corrected chi connectivity index (χ2v) is 5.64. The first-order valence-electron chi connectivity index (χ1n) is 6.64. The molecule has 0 radical (unpaired) electrons. The van der Waals surface area contributed by atoms with E-state index >= 15 is 0 Å². The van der Waals surface area contributed by atoms with Crippen molar-refractivity contribution in [3.8, 4) is 11.3 Å². The number of thiazole rings is 1. The van der Waals surface area contributed by atoms with Crippen LogP contribution in [0.1, 0.15) is 20.8 Å². The fourth-order valence-corrected chi connectivity index (χ4v) is 2.70. The summed E-state index contributed by atoms with van der Waals surface area (Å²) in [6.07, 6.45) is 1.56. The highest BCUT2D eigenvalue weighted by atomic mass is 32.1. The Bertz CT molecular complexity index is 935. The Morgan fingerprint density at radius 3 is 2.71 bits per heavy atom. The van der Waals surface area contributed by atoms with E-state index in [1.54, 1.807) is 11.6 Å². The maximum absolute atomic E-state index is 13.6. The summed E-state index contributed by atoms with van der Waals surface area (Å²) in [6, 6.07) is 4.21. The highest BCUT2D eigenvalue weighted by molar-refractivity contribution is 7.14. The molecule has 0 saturated heterocycles. The molecule has 0 atom stereocenters.